The summed E-state index contributed by atoms with van der Waals surface area (Å²) in [4.78, 5) is 37.9. The van der Waals surface area contributed by atoms with Crippen molar-refractivity contribution in [1.82, 2.24) is 0 Å². The minimum Gasteiger partial charge on any atom is -0.462 e. The van der Waals surface area contributed by atoms with Crippen LogP contribution in [0.2, 0.25) is 0 Å². The van der Waals surface area contributed by atoms with Gasteiger partial charge in [0.1, 0.15) is 13.2 Å². The molecule has 0 N–H and O–H groups in total. The lowest BCUT2D eigenvalue weighted by atomic mass is 10.1. The Morgan fingerprint density at radius 3 is 1.21 bits per heavy atom. The highest BCUT2D eigenvalue weighted by Crippen LogP contribution is 2.13. The zero-order valence-corrected chi connectivity index (χ0v) is 40.8. The second-order valence-electron chi connectivity index (χ2n) is 16.8. The van der Waals surface area contributed by atoms with Crippen molar-refractivity contribution in [2.24, 2.45) is 0 Å². The number of carbonyl (C=O) groups is 3. The minimum absolute atomic E-state index is 0.115. The molecule has 0 rings (SSSR count). The van der Waals surface area contributed by atoms with Crippen molar-refractivity contribution < 1.29 is 28.6 Å². The fourth-order valence-corrected chi connectivity index (χ4v) is 6.75. The molecule has 63 heavy (non-hydrogen) atoms. The number of allylic oxidation sites excluding steroid dienone is 16. The van der Waals surface area contributed by atoms with Crippen molar-refractivity contribution in [2.75, 3.05) is 13.2 Å². The van der Waals surface area contributed by atoms with Crippen LogP contribution < -0.4 is 0 Å². The second kappa shape index (κ2) is 51.0. The summed E-state index contributed by atoms with van der Waals surface area (Å²) in [5.74, 6) is -1.03. The maximum atomic E-state index is 12.8. The number of hydrogen-bond donors (Lipinski definition) is 0. The second-order valence-corrected chi connectivity index (χ2v) is 16.8. The van der Waals surface area contributed by atoms with E-state index in [1.54, 1.807) is 0 Å². The van der Waals surface area contributed by atoms with Crippen molar-refractivity contribution >= 4 is 17.9 Å². The maximum Gasteiger partial charge on any atom is 0.306 e. The van der Waals surface area contributed by atoms with Crippen LogP contribution in [0.15, 0.2) is 97.2 Å². The van der Waals surface area contributed by atoms with E-state index >= 15 is 0 Å². The molecule has 0 saturated carbocycles. The van der Waals surface area contributed by atoms with E-state index in [2.05, 4.69) is 75.5 Å². The smallest absolute Gasteiger partial charge is 0.306 e. The third-order valence-corrected chi connectivity index (χ3v) is 10.7. The van der Waals surface area contributed by atoms with Crippen molar-refractivity contribution in [3.63, 3.8) is 0 Å². The van der Waals surface area contributed by atoms with Crippen LogP contribution in [-0.4, -0.2) is 37.2 Å². The Bertz CT molecular complexity index is 1280. The number of carbonyl (C=O) groups excluding carboxylic acids is 3. The Kier molecular flexibility index (Phi) is 48.0. The average molecular weight is 875 g/mol. The van der Waals surface area contributed by atoms with Gasteiger partial charge in [-0.15, -0.1) is 0 Å². The summed E-state index contributed by atoms with van der Waals surface area (Å²) in [5, 5.41) is 0. The van der Waals surface area contributed by atoms with Gasteiger partial charge < -0.3 is 14.2 Å². The monoisotopic (exact) mass is 875 g/mol. The quantitative estimate of drug-likeness (QED) is 0.0199. The van der Waals surface area contributed by atoms with E-state index in [1.165, 1.54) is 89.9 Å². The summed E-state index contributed by atoms with van der Waals surface area (Å²) in [6, 6.07) is 0. The molecule has 0 fully saturated rings. The first-order valence-corrected chi connectivity index (χ1v) is 25.8. The van der Waals surface area contributed by atoms with E-state index in [-0.39, 0.29) is 44.0 Å². The third-order valence-electron chi connectivity index (χ3n) is 10.7. The zero-order chi connectivity index (χ0) is 45.8. The summed E-state index contributed by atoms with van der Waals surface area (Å²) in [5.41, 5.74) is 0. The van der Waals surface area contributed by atoms with E-state index in [1.807, 2.05) is 42.5 Å². The molecule has 1 unspecified atom stereocenters. The highest BCUT2D eigenvalue weighted by Gasteiger charge is 2.19. The Labute approximate surface area is 387 Å². The first-order valence-electron chi connectivity index (χ1n) is 25.8. The molecule has 6 nitrogen and oxygen atoms in total. The molecule has 6 heteroatoms. The molecule has 0 aromatic rings. The van der Waals surface area contributed by atoms with Crippen LogP contribution in [0.25, 0.3) is 0 Å². The summed E-state index contributed by atoms with van der Waals surface area (Å²) in [6.45, 7) is 6.44. The molecule has 0 aliphatic carbocycles. The first-order chi connectivity index (χ1) is 31.0. The van der Waals surface area contributed by atoms with Gasteiger partial charge in [-0.25, -0.2) is 0 Å². The molecule has 0 aromatic carbocycles. The number of unbranched alkanes of at least 4 members (excludes halogenated alkanes) is 22. The van der Waals surface area contributed by atoms with Gasteiger partial charge in [-0.05, 0) is 83.5 Å². The fourth-order valence-electron chi connectivity index (χ4n) is 6.75. The van der Waals surface area contributed by atoms with E-state index in [9.17, 15) is 14.4 Å². The molecule has 0 bridgehead atoms. The van der Waals surface area contributed by atoms with Gasteiger partial charge in [-0.3, -0.25) is 14.4 Å². The van der Waals surface area contributed by atoms with Crippen LogP contribution >= 0.6 is 0 Å². The van der Waals surface area contributed by atoms with E-state index < -0.39 is 6.10 Å². The molecule has 0 aromatic heterocycles. The van der Waals surface area contributed by atoms with Crippen LogP contribution in [0.1, 0.15) is 226 Å². The van der Waals surface area contributed by atoms with Crippen LogP contribution in [0.5, 0.6) is 0 Å². The summed E-state index contributed by atoms with van der Waals surface area (Å²) in [7, 11) is 0. The normalized spacial score (nSPS) is 12.9. The van der Waals surface area contributed by atoms with Crippen molar-refractivity contribution in [1.29, 1.82) is 0 Å². The fraction of sp³-hybridized carbons (Fsp3) is 0.667. The molecule has 0 radical (unpaired) electrons. The molecular weight excluding hydrogens is 781 g/mol. The van der Waals surface area contributed by atoms with Crippen LogP contribution in [0, 0.1) is 0 Å². The first kappa shape index (κ1) is 59.3. The van der Waals surface area contributed by atoms with Crippen molar-refractivity contribution in [3.8, 4) is 0 Å². The van der Waals surface area contributed by atoms with Gasteiger partial charge in [0, 0.05) is 19.3 Å². The Hall–Kier alpha value is -3.67. The van der Waals surface area contributed by atoms with Crippen LogP contribution in [0.4, 0.5) is 0 Å². The predicted molar refractivity (Wildman–Crippen MR) is 270 cm³/mol. The molecular formula is C57H94O6. The molecule has 0 heterocycles. The summed E-state index contributed by atoms with van der Waals surface area (Å²) < 4.78 is 16.7. The predicted octanol–water partition coefficient (Wildman–Crippen LogP) is 17.0. The topological polar surface area (TPSA) is 78.9 Å². The molecule has 358 valence electrons. The molecule has 1 atom stereocenters. The lowest BCUT2D eigenvalue weighted by Crippen LogP contribution is -2.30. The number of ether oxygens (including phenoxy) is 3. The van der Waals surface area contributed by atoms with Crippen LogP contribution in [-0.2, 0) is 28.6 Å². The van der Waals surface area contributed by atoms with Gasteiger partial charge >= 0.3 is 17.9 Å². The highest BCUT2D eigenvalue weighted by molar-refractivity contribution is 5.71. The minimum atomic E-state index is -0.819. The Morgan fingerprint density at radius 2 is 0.698 bits per heavy atom. The highest BCUT2D eigenvalue weighted by atomic mass is 16.6. The maximum absolute atomic E-state index is 12.8. The zero-order valence-electron chi connectivity index (χ0n) is 40.8. The van der Waals surface area contributed by atoms with Crippen molar-refractivity contribution in [3.05, 3.63) is 97.2 Å². The molecule has 0 aliphatic rings. The van der Waals surface area contributed by atoms with Gasteiger partial charge in [0.15, 0.2) is 6.10 Å². The van der Waals surface area contributed by atoms with E-state index in [0.29, 0.717) is 12.8 Å². The summed E-state index contributed by atoms with van der Waals surface area (Å²) in [6.07, 6.45) is 66.8. The Morgan fingerprint density at radius 1 is 0.333 bits per heavy atom. The van der Waals surface area contributed by atoms with Crippen molar-refractivity contribution in [2.45, 2.75) is 232 Å². The Balaban J connectivity index is 4.53. The molecule has 0 amide bonds. The van der Waals surface area contributed by atoms with Gasteiger partial charge in [0.2, 0.25) is 0 Å². The number of rotatable bonds is 45. The molecule has 0 saturated heterocycles. The van der Waals surface area contributed by atoms with Gasteiger partial charge in [-0.1, -0.05) is 221 Å². The largest absolute Gasteiger partial charge is 0.462 e. The van der Waals surface area contributed by atoms with Gasteiger partial charge in [0.05, 0.1) is 0 Å². The third kappa shape index (κ3) is 49.2. The average Bonchev–Trinajstić information content (AvgIpc) is 3.28. The SMILES string of the molecule is CCC\C=C/C=C\C=C/C=C\C=C/CCCCCCCC(=O)OCC(COC(=O)CC/C=C\C/C=C\CCCCCCCC)OC(=O)CCCCC/C=C\CCCCCCCCC. The lowest BCUT2D eigenvalue weighted by Gasteiger charge is -2.18. The number of hydrogen-bond acceptors (Lipinski definition) is 6. The standard InChI is InChI=1S/C57H94O6/c1-4-7-10-13-16-19-22-25-27-28-29-30-33-35-38-41-44-47-50-56(59)62-53-54(52-61-55(58)49-46-43-40-37-34-31-24-21-18-15-12-9-6-3)63-57(60)51-48-45-42-39-36-32-26-23-20-17-14-11-8-5-2/h10,13,16,19,22,25,27-32,34,36,40,43,54H,4-9,11-12,14-15,17-18,20-21,23-24,26,33,35,37-39,41-42,44-53H2,1-3H3/b13-10-,19-16-,25-22-,28-27-,30-29-,34-31-,36-32-,43-40-. The summed E-state index contributed by atoms with van der Waals surface area (Å²) >= 11 is 0. The van der Waals surface area contributed by atoms with Gasteiger partial charge in [0.25, 0.3) is 0 Å². The van der Waals surface area contributed by atoms with Gasteiger partial charge in [-0.2, -0.15) is 0 Å². The van der Waals surface area contributed by atoms with Crippen LogP contribution in [0.3, 0.4) is 0 Å². The van der Waals surface area contributed by atoms with E-state index in [0.717, 1.165) is 89.9 Å². The van der Waals surface area contributed by atoms with E-state index in [4.69, 9.17) is 14.2 Å². The molecule has 0 spiro atoms. The molecule has 0 aliphatic heterocycles. The lowest BCUT2D eigenvalue weighted by molar-refractivity contribution is -0.166. The number of esters is 3.